The number of amides is 3. The van der Waals surface area contributed by atoms with E-state index in [1.165, 1.54) is 25.8 Å². The van der Waals surface area contributed by atoms with Gasteiger partial charge in [0.15, 0.2) is 6.67 Å². The van der Waals surface area contributed by atoms with E-state index in [4.69, 9.17) is 4.74 Å². The maximum absolute atomic E-state index is 13.1. The molecule has 0 atom stereocenters. The molecule has 3 N–H and O–H groups in total. The fourth-order valence-corrected chi connectivity index (χ4v) is 5.32. The summed E-state index contributed by atoms with van der Waals surface area (Å²) < 4.78 is 5.53. The molecule has 30 heavy (non-hydrogen) atoms. The number of piperazine rings is 1. The number of carbonyl (C=O) groups excluding carboxylic acids is 2. The van der Waals surface area contributed by atoms with E-state index in [0.29, 0.717) is 6.67 Å². The summed E-state index contributed by atoms with van der Waals surface area (Å²) in [6.07, 6.45) is 5.95. The Morgan fingerprint density at radius 1 is 1.03 bits per heavy atom. The molecule has 2 heterocycles. The van der Waals surface area contributed by atoms with Crippen LogP contribution < -0.4 is 19.9 Å². The molecule has 2 saturated heterocycles. The van der Waals surface area contributed by atoms with Crippen molar-refractivity contribution in [3.05, 3.63) is 29.3 Å². The first-order valence-corrected chi connectivity index (χ1v) is 11.5. The Morgan fingerprint density at radius 3 is 2.37 bits per heavy atom. The van der Waals surface area contributed by atoms with Gasteiger partial charge in [0.2, 0.25) is 0 Å². The highest BCUT2D eigenvalue weighted by Gasteiger charge is 2.51. The predicted octanol–water partition coefficient (Wildman–Crippen LogP) is -0.111. The molecule has 0 bridgehead atoms. The van der Waals surface area contributed by atoms with Crippen LogP contribution in [0.15, 0.2) is 18.2 Å². The average Bonchev–Trinajstić information content (AvgIpc) is 2.90. The highest BCUT2D eigenvalue weighted by Crippen LogP contribution is 2.32. The Bertz CT molecular complexity index is 781. The summed E-state index contributed by atoms with van der Waals surface area (Å²) in [6, 6.07) is 6.16. The van der Waals surface area contributed by atoms with Crippen LogP contribution in [0.1, 0.15) is 49.7 Å². The first-order valence-electron chi connectivity index (χ1n) is 11.5. The molecule has 1 spiro atoms. The maximum atomic E-state index is 13.1. The van der Waals surface area contributed by atoms with Gasteiger partial charge in [-0.1, -0.05) is 37.3 Å². The Morgan fingerprint density at radius 2 is 1.70 bits per heavy atom. The monoisotopic (exact) mass is 416 g/mol. The normalized spacial score (nSPS) is 26.5. The molecule has 1 aliphatic carbocycles. The van der Waals surface area contributed by atoms with E-state index in [0.717, 1.165) is 77.0 Å². The average molecular weight is 417 g/mol. The number of hydrogen-bond acceptors (Lipinski definition) is 3. The Labute approximate surface area is 179 Å². The van der Waals surface area contributed by atoms with Crippen molar-refractivity contribution in [1.29, 1.82) is 0 Å². The van der Waals surface area contributed by atoms with E-state index in [1.54, 1.807) is 7.11 Å². The number of methoxy groups -OCH3 is 1. The maximum Gasteiger partial charge on any atom is 0.329 e. The van der Waals surface area contributed by atoms with Gasteiger partial charge in [-0.25, -0.2) is 9.69 Å². The number of aryl methyl sites for hydroxylation is 1. The third-order valence-electron chi connectivity index (χ3n) is 7.13. The molecule has 4 rings (SSSR count). The van der Waals surface area contributed by atoms with E-state index in [-0.39, 0.29) is 11.9 Å². The van der Waals surface area contributed by atoms with Crippen LogP contribution in [0.2, 0.25) is 0 Å². The molecule has 1 aromatic rings. The zero-order chi connectivity index (χ0) is 21.1. The summed E-state index contributed by atoms with van der Waals surface area (Å²) in [5.41, 5.74) is 1.88. The van der Waals surface area contributed by atoms with Gasteiger partial charge in [-0.05, 0) is 31.9 Å². The van der Waals surface area contributed by atoms with Crippen LogP contribution in [0, 0.1) is 6.92 Å². The van der Waals surface area contributed by atoms with Crippen molar-refractivity contribution in [3.63, 3.8) is 0 Å². The number of quaternary nitrogens is 2. The van der Waals surface area contributed by atoms with Crippen LogP contribution in [-0.2, 0) is 11.3 Å². The second-order valence-corrected chi connectivity index (χ2v) is 9.31. The zero-order valence-corrected chi connectivity index (χ0v) is 18.4. The highest BCUT2D eigenvalue weighted by atomic mass is 16.5. The summed E-state index contributed by atoms with van der Waals surface area (Å²) >= 11 is 0. The molecule has 0 radical (unpaired) electrons. The predicted molar refractivity (Wildman–Crippen MR) is 114 cm³/mol. The number of imide groups is 1. The fourth-order valence-electron chi connectivity index (χ4n) is 5.32. The van der Waals surface area contributed by atoms with Gasteiger partial charge in [-0.2, -0.15) is 0 Å². The van der Waals surface area contributed by atoms with E-state index < -0.39 is 5.54 Å². The Kier molecular flexibility index (Phi) is 6.29. The van der Waals surface area contributed by atoms with Gasteiger partial charge in [0.25, 0.3) is 5.91 Å². The zero-order valence-electron chi connectivity index (χ0n) is 18.4. The summed E-state index contributed by atoms with van der Waals surface area (Å²) in [5.74, 6) is 0.970. The van der Waals surface area contributed by atoms with Gasteiger partial charge >= 0.3 is 6.03 Å². The topological polar surface area (TPSA) is 67.5 Å². The van der Waals surface area contributed by atoms with E-state index in [2.05, 4.69) is 24.4 Å². The van der Waals surface area contributed by atoms with Crippen LogP contribution in [0.3, 0.4) is 0 Å². The van der Waals surface area contributed by atoms with Crippen molar-refractivity contribution >= 4 is 11.9 Å². The lowest BCUT2D eigenvalue weighted by molar-refractivity contribution is -1.02. The standard InChI is InChI=1S/C23H34N4O3/c1-18-7-8-20(30-2)19(15-18)16-25-11-13-26(14-12-25)17-27-21(28)23(24-22(27)29)9-5-3-4-6-10-23/h7-8,15H,3-6,9-14,16-17H2,1-2H3,(H,24,29)/p+2. The van der Waals surface area contributed by atoms with Gasteiger partial charge in [-0.3, -0.25) is 4.79 Å². The molecule has 3 fully saturated rings. The molecule has 7 nitrogen and oxygen atoms in total. The summed E-state index contributed by atoms with van der Waals surface area (Å²) in [7, 11) is 1.73. The van der Waals surface area contributed by atoms with Crippen molar-refractivity contribution in [2.45, 2.75) is 57.5 Å². The largest absolute Gasteiger partial charge is 0.496 e. The molecule has 0 unspecified atom stereocenters. The number of hydrogen-bond donors (Lipinski definition) is 3. The molecule has 1 aromatic carbocycles. The van der Waals surface area contributed by atoms with Crippen molar-refractivity contribution in [2.75, 3.05) is 40.0 Å². The third-order valence-corrected chi connectivity index (χ3v) is 7.13. The smallest absolute Gasteiger partial charge is 0.329 e. The summed E-state index contributed by atoms with van der Waals surface area (Å²) in [6.45, 7) is 7.54. The number of nitrogens with one attached hydrogen (secondary N) is 3. The number of rotatable bonds is 5. The Balaban J connectivity index is 1.32. The van der Waals surface area contributed by atoms with E-state index in [1.807, 2.05) is 6.07 Å². The molecular weight excluding hydrogens is 380 g/mol. The SMILES string of the molecule is COc1ccc(C)cc1C[NH+]1CC[NH+](CN2C(=O)NC3(CCCCCC3)C2=O)CC1. The fraction of sp³-hybridized carbons (Fsp3) is 0.652. The second-order valence-electron chi connectivity index (χ2n) is 9.31. The van der Waals surface area contributed by atoms with Crippen LogP contribution in [0.4, 0.5) is 4.79 Å². The molecular formula is C23H36N4O3+2. The molecule has 7 heteroatoms. The number of nitrogens with zero attached hydrogens (tertiary/aromatic N) is 1. The van der Waals surface area contributed by atoms with Crippen LogP contribution in [0.5, 0.6) is 5.75 Å². The van der Waals surface area contributed by atoms with Gasteiger partial charge in [0, 0.05) is 5.56 Å². The van der Waals surface area contributed by atoms with Gasteiger partial charge in [0.1, 0.15) is 44.0 Å². The summed E-state index contributed by atoms with van der Waals surface area (Å²) in [4.78, 5) is 30.1. The van der Waals surface area contributed by atoms with Crippen LogP contribution >= 0.6 is 0 Å². The first kappa shape index (κ1) is 21.1. The van der Waals surface area contributed by atoms with Crippen molar-refractivity contribution in [2.24, 2.45) is 0 Å². The van der Waals surface area contributed by atoms with Crippen LogP contribution in [-0.4, -0.2) is 62.3 Å². The minimum atomic E-state index is -0.623. The summed E-state index contributed by atoms with van der Waals surface area (Å²) in [5, 5.41) is 3.06. The first-order chi connectivity index (χ1) is 14.5. The molecule has 0 aromatic heterocycles. The lowest BCUT2D eigenvalue weighted by Gasteiger charge is -2.31. The molecule has 3 aliphatic rings. The molecule has 1 saturated carbocycles. The second kappa shape index (κ2) is 8.94. The molecule has 2 aliphatic heterocycles. The molecule has 3 amide bonds. The third kappa shape index (κ3) is 4.32. The van der Waals surface area contributed by atoms with Gasteiger partial charge < -0.3 is 19.9 Å². The van der Waals surface area contributed by atoms with Gasteiger partial charge in [-0.15, -0.1) is 0 Å². The van der Waals surface area contributed by atoms with E-state index >= 15 is 0 Å². The van der Waals surface area contributed by atoms with Crippen molar-refractivity contribution in [3.8, 4) is 5.75 Å². The lowest BCUT2D eigenvalue weighted by Crippen LogP contribution is -3.28. The number of carbonyl (C=O) groups is 2. The lowest BCUT2D eigenvalue weighted by atomic mass is 9.90. The van der Waals surface area contributed by atoms with Crippen LogP contribution in [0.25, 0.3) is 0 Å². The minimum Gasteiger partial charge on any atom is -0.496 e. The number of benzene rings is 1. The number of ether oxygens (including phenoxy) is 1. The quantitative estimate of drug-likeness (QED) is 0.587. The van der Waals surface area contributed by atoms with E-state index in [9.17, 15) is 9.59 Å². The number of urea groups is 1. The Hall–Kier alpha value is -2.12. The van der Waals surface area contributed by atoms with Crippen molar-refractivity contribution < 1.29 is 24.1 Å². The minimum absolute atomic E-state index is 0.0150. The molecule has 164 valence electrons. The highest BCUT2D eigenvalue weighted by molar-refractivity contribution is 6.06. The van der Waals surface area contributed by atoms with Gasteiger partial charge in [0.05, 0.1) is 7.11 Å². The van der Waals surface area contributed by atoms with Crippen molar-refractivity contribution in [1.82, 2.24) is 10.2 Å².